The molecule has 10 heteroatoms. The van der Waals surface area contributed by atoms with Gasteiger partial charge in [0, 0.05) is 30.6 Å². The van der Waals surface area contributed by atoms with Crippen LogP contribution in [0, 0.1) is 0 Å². The molecule has 0 aromatic heterocycles. The molecule has 0 unspecified atom stereocenters. The standard InChI is InChI=1S/C30H35N3O7/c1-5-40-23-13-11-22(12-14-23)32-30(36)24(17-20-9-7-6-8-10-20)33-27(34)15-16-31-29(35)21-18-25(37-2)28(39-4)26(19-21)38-3/h6-14,18-19,24H,5,15-17H2,1-4H3,(H,31,35)(H,32,36)(H,33,34)/t24-/m1/s1. The molecule has 0 radical (unpaired) electrons. The number of carbonyl (C=O) groups excluding carboxylic acids is 3. The van der Waals surface area contributed by atoms with Crippen molar-refractivity contribution in [3.8, 4) is 23.0 Å². The predicted octanol–water partition coefficient (Wildman–Crippen LogP) is 3.60. The Bertz CT molecular complexity index is 1260. The lowest BCUT2D eigenvalue weighted by molar-refractivity contribution is -0.126. The Morgan fingerprint density at radius 1 is 0.850 bits per heavy atom. The van der Waals surface area contributed by atoms with Crippen molar-refractivity contribution >= 4 is 23.4 Å². The van der Waals surface area contributed by atoms with Crippen LogP contribution < -0.4 is 34.9 Å². The highest BCUT2D eigenvalue weighted by atomic mass is 16.5. The topological polar surface area (TPSA) is 124 Å². The van der Waals surface area contributed by atoms with Crippen molar-refractivity contribution in [1.29, 1.82) is 0 Å². The van der Waals surface area contributed by atoms with Gasteiger partial charge in [0.25, 0.3) is 5.91 Å². The molecule has 0 aliphatic carbocycles. The van der Waals surface area contributed by atoms with Gasteiger partial charge in [0.05, 0.1) is 27.9 Å². The van der Waals surface area contributed by atoms with Gasteiger partial charge >= 0.3 is 0 Å². The third kappa shape index (κ3) is 8.39. The van der Waals surface area contributed by atoms with Crippen LogP contribution in [0.5, 0.6) is 23.0 Å². The maximum absolute atomic E-state index is 13.1. The lowest BCUT2D eigenvalue weighted by Crippen LogP contribution is -2.46. The van der Waals surface area contributed by atoms with Gasteiger partial charge in [0.2, 0.25) is 17.6 Å². The number of nitrogens with one attached hydrogen (secondary N) is 3. The number of ether oxygens (including phenoxy) is 4. The summed E-state index contributed by atoms with van der Waals surface area (Å²) in [6, 6.07) is 18.6. The minimum atomic E-state index is -0.827. The molecule has 10 nitrogen and oxygen atoms in total. The van der Waals surface area contributed by atoms with Crippen molar-refractivity contribution in [2.45, 2.75) is 25.8 Å². The van der Waals surface area contributed by atoms with Gasteiger partial charge in [0.15, 0.2) is 11.5 Å². The van der Waals surface area contributed by atoms with Crippen LogP contribution in [0.15, 0.2) is 66.7 Å². The molecule has 3 rings (SSSR count). The fraction of sp³-hybridized carbons (Fsp3) is 0.300. The van der Waals surface area contributed by atoms with E-state index in [2.05, 4.69) is 16.0 Å². The molecule has 0 aliphatic rings. The summed E-state index contributed by atoms with van der Waals surface area (Å²) in [5.41, 5.74) is 1.76. The molecule has 212 valence electrons. The van der Waals surface area contributed by atoms with E-state index in [4.69, 9.17) is 18.9 Å². The molecule has 0 spiro atoms. The fourth-order valence-electron chi connectivity index (χ4n) is 3.96. The molecular formula is C30H35N3O7. The van der Waals surface area contributed by atoms with Crippen LogP contribution in [0.25, 0.3) is 0 Å². The third-order valence-corrected chi connectivity index (χ3v) is 5.93. The van der Waals surface area contributed by atoms with E-state index in [0.29, 0.717) is 41.7 Å². The number of hydrogen-bond acceptors (Lipinski definition) is 7. The predicted molar refractivity (Wildman–Crippen MR) is 151 cm³/mol. The molecule has 0 saturated carbocycles. The van der Waals surface area contributed by atoms with Crippen molar-refractivity contribution in [2.75, 3.05) is 39.8 Å². The van der Waals surface area contributed by atoms with Crippen LogP contribution in [0.1, 0.15) is 29.3 Å². The van der Waals surface area contributed by atoms with Crippen LogP contribution in [0.4, 0.5) is 5.69 Å². The molecular weight excluding hydrogens is 514 g/mol. The second-order valence-corrected chi connectivity index (χ2v) is 8.68. The molecule has 1 atom stereocenters. The quantitative estimate of drug-likeness (QED) is 0.281. The largest absolute Gasteiger partial charge is 0.494 e. The number of carbonyl (C=O) groups is 3. The van der Waals surface area contributed by atoms with Crippen molar-refractivity contribution in [3.63, 3.8) is 0 Å². The SMILES string of the molecule is CCOc1ccc(NC(=O)[C@@H](Cc2ccccc2)NC(=O)CCNC(=O)c2cc(OC)c(OC)c(OC)c2)cc1. The summed E-state index contributed by atoms with van der Waals surface area (Å²) < 4.78 is 21.3. The van der Waals surface area contributed by atoms with E-state index in [-0.39, 0.29) is 30.3 Å². The van der Waals surface area contributed by atoms with Crippen molar-refractivity contribution < 1.29 is 33.3 Å². The summed E-state index contributed by atoms with van der Waals surface area (Å²) in [5.74, 6) is 0.591. The third-order valence-electron chi connectivity index (χ3n) is 5.93. The highest BCUT2D eigenvalue weighted by molar-refractivity contribution is 5.98. The smallest absolute Gasteiger partial charge is 0.251 e. The van der Waals surface area contributed by atoms with E-state index in [9.17, 15) is 14.4 Å². The van der Waals surface area contributed by atoms with Gasteiger partial charge in [-0.3, -0.25) is 14.4 Å². The summed E-state index contributed by atoms with van der Waals surface area (Å²) in [4.78, 5) is 38.7. The zero-order valence-corrected chi connectivity index (χ0v) is 23.1. The Morgan fingerprint density at radius 3 is 2.08 bits per heavy atom. The molecule has 3 aromatic carbocycles. The average molecular weight is 550 g/mol. The second kappa shape index (κ2) is 15.0. The average Bonchev–Trinajstić information content (AvgIpc) is 2.97. The molecule has 0 fully saturated rings. The molecule has 0 saturated heterocycles. The Kier molecular flexibility index (Phi) is 11.2. The van der Waals surface area contributed by atoms with Gasteiger partial charge < -0.3 is 34.9 Å². The van der Waals surface area contributed by atoms with Crippen molar-refractivity contribution in [2.24, 2.45) is 0 Å². The summed E-state index contributed by atoms with van der Waals surface area (Å²) in [7, 11) is 4.39. The van der Waals surface area contributed by atoms with E-state index in [1.165, 1.54) is 33.5 Å². The number of benzene rings is 3. The molecule has 0 bridgehead atoms. The molecule has 3 amide bonds. The summed E-state index contributed by atoms with van der Waals surface area (Å²) >= 11 is 0. The zero-order chi connectivity index (χ0) is 28.9. The molecule has 0 heterocycles. The number of methoxy groups -OCH3 is 3. The van der Waals surface area contributed by atoms with Crippen LogP contribution in [-0.4, -0.2) is 58.2 Å². The van der Waals surface area contributed by atoms with Crippen LogP contribution in [0.2, 0.25) is 0 Å². The maximum Gasteiger partial charge on any atom is 0.251 e. The van der Waals surface area contributed by atoms with E-state index in [1.54, 1.807) is 24.3 Å². The summed E-state index contributed by atoms with van der Waals surface area (Å²) in [6.45, 7) is 2.49. The molecule has 3 N–H and O–H groups in total. The number of amides is 3. The first-order valence-electron chi connectivity index (χ1n) is 12.8. The highest BCUT2D eigenvalue weighted by Gasteiger charge is 2.22. The lowest BCUT2D eigenvalue weighted by atomic mass is 10.0. The van der Waals surface area contributed by atoms with E-state index < -0.39 is 11.9 Å². The van der Waals surface area contributed by atoms with Gasteiger partial charge in [-0.15, -0.1) is 0 Å². The number of rotatable bonds is 14. The van der Waals surface area contributed by atoms with Crippen LogP contribution in [0.3, 0.4) is 0 Å². The number of hydrogen-bond donors (Lipinski definition) is 3. The first-order valence-corrected chi connectivity index (χ1v) is 12.8. The Hall–Kier alpha value is -4.73. The number of anilines is 1. The van der Waals surface area contributed by atoms with Crippen LogP contribution >= 0.6 is 0 Å². The van der Waals surface area contributed by atoms with Gasteiger partial charge in [-0.05, 0) is 48.9 Å². The van der Waals surface area contributed by atoms with E-state index >= 15 is 0 Å². The molecule has 0 aliphatic heterocycles. The Balaban J connectivity index is 1.62. The molecule has 40 heavy (non-hydrogen) atoms. The van der Waals surface area contributed by atoms with Gasteiger partial charge in [-0.25, -0.2) is 0 Å². The van der Waals surface area contributed by atoms with Gasteiger partial charge in [-0.1, -0.05) is 30.3 Å². The summed E-state index contributed by atoms with van der Waals surface area (Å²) in [5, 5.41) is 8.36. The second-order valence-electron chi connectivity index (χ2n) is 8.68. The van der Waals surface area contributed by atoms with E-state index in [1.807, 2.05) is 37.3 Å². The monoisotopic (exact) mass is 549 g/mol. The fourth-order valence-corrected chi connectivity index (χ4v) is 3.96. The van der Waals surface area contributed by atoms with Gasteiger partial charge in [0.1, 0.15) is 11.8 Å². The van der Waals surface area contributed by atoms with Crippen LogP contribution in [-0.2, 0) is 16.0 Å². The van der Waals surface area contributed by atoms with E-state index in [0.717, 1.165) is 5.56 Å². The normalized spacial score (nSPS) is 11.1. The van der Waals surface area contributed by atoms with Crippen molar-refractivity contribution in [1.82, 2.24) is 10.6 Å². The summed E-state index contributed by atoms with van der Waals surface area (Å²) in [6.07, 6.45) is 0.269. The van der Waals surface area contributed by atoms with Gasteiger partial charge in [-0.2, -0.15) is 0 Å². The first kappa shape index (κ1) is 29.8. The minimum absolute atomic E-state index is 0.0300. The Labute approximate surface area is 234 Å². The highest BCUT2D eigenvalue weighted by Crippen LogP contribution is 2.38. The first-order chi connectivity index (χ1) is 19.4. The lowest BCUT2D eigenvalue weighted by Gasteiger charge is -2.19. The zero-order valence-electron chi connectivity index (χ0n) is 23.1. The maximum atomic E-state index is 13.1. The minimum Gasteiger partial charge on any atom is -0.494 e. The van der Waals surface area contributed by atoms with Crippen molar-refractivity contribution in [3.05, 3.63) is 77.9 Å². The Morgan fingerprint density at radius 2 is 1.50 bits per heavy atom. The molecule has 3 aromatic rings.